The molecule has 0 saturated carbocycles. The fourth-order valence-corrected chi connectivity index (χ4v) is 2.24. The summed E-state index contributed by atoms with van der Waals surface area (Å²) < 4.78 is 10.3. The number of carbonyl (C=O) groups is 1. The van der Waals surface area contributed by atoms with Crippen molar-refractivity contribution in [2.75, 3.05) is 6.79 Å². The number of hydrazone groups is 1. The first-order chi connectivity index (χ1) is 11.5. The van der Waals surface area contributed by atoms with Gasteiger partial charge in [-0.2, -0.15) is 5.10 Å². The van der Waals surface area contributed by atoms with Crippen molar-refractivity contribution in [1.29, 1.82) is 0 Å². The molecular formula is C15H10ClN3O5. The number of nitrogens with one attached hydrogen (secondary N) is 1. The van der Waals surface area contributed by atoms with Gasteiger partial charge in [-0.1, -0.05) is 11.6 Å². The van der Waals surface area contributed by atoms with Crippen LogP contribution >= 0.6 is 11.6 Å². The lowest BCUT2D eigenvalue weighted by Gasteiger charge is -2.02. The van der Waals surface area contributed by atoms with E-state index in [9.17, 15) is 14.9 Å². The molecule has 0 aliphatic carbocycles. The summed E-state index contributed by atoms with van der Waals surface area (Å²) in [7, 11) is 0. The van der Waals surface area contributed by atoms with Gasteiger partial charge in [-0.15, -0.1) is 0 Å². The van der Waals surface area contributed by atoms with Crippen LogP contribution in [-0.4, -0.2) is 23.8 Å². The molecule has 1 N–H and O–H groups in total. The summed E-state index contributed by atoms with van der Waals surface area (Å²) in [6, 6.07) is 8.75. The zero-order chi connectivity index (χ0) is 17.1. The number of hydrogen-bond donors (Lipinski definition) is 1. The lowest BCUT2D eigenvalue weighted by molar-refractivity contribution is -0.385. The average Bonchev–Trinajstić information content (AvgIpc) is 3.02. The van der Waals surface area contributed by atoms with Crippen molar-refractivity contribution in [2.24, 2.45) is 5.10 Å². The maximum Gasteiger partial charge on any atom is 0.278 e. The number of fused-ring (bicyclic) bond motifs is 1. The van der Waals surface area contributed by atoms with Crippen LogP contribution in [0.25, 0.3) is 0 Å². The average molecular weight is 348 g/mol. The van der Waals surface area contributed by atoms with Gasteiger partial charge in [0.05, 0.1) is 16.7 Å². The van der Waals surface area contributed by atoms with Gasteiger partial charge in [-0.25, -0.2) is 5.43 Å². The highest BCUT2D eigenvalue weighted by molar-refractivity contribution is 6.31. The van der Waals surface area contributed by atoms with Crippen LogP contribution in [0.5, 0.6) is 11.5 Å². The van der Waals surface area contributed by atoms with E-state index in [1.54, 1.807) is 12.1 Å². The Labute approximate surface area is 140 Å². The summed E-state index contributed by atoms with van der Waals surface area (Å²) >= 11 is 5.82. The van der Waals surface area contributed by atoms with Crippen LogP contribution in [0.4, 0.5) is 5.69 Å². The summed E-state index contributed by atoms with van der Waals surface area (Å²) in [5, 5.41) is 15.0. The van der Waals surface area contributed by atoms with Crippen LogP contribution in [-0.2, 0) is 0 Å². The predicted molar refractivity (Wildman–Crippen MR) is 85.7 cm³/mol. The van der Waals surface area contributed by atoms with Crippen molar-refractivity contribution < 1.29 is 19.2 Å². The number of carbonyl (C=O) groups excluding carboxylic acids is 1. The lowest BCUT2D eigenvalue weighted by atomic mass is 10.2. The van der Waals surface area contributed by atoms with Gasteiger partial charge >= 0.3 is 0 Å². The topological polar surface area (TPSA) is 103 Å². The Bertz CT molecular complexity index is 853. The number of ether oxygens (including phenoxy) is 2. The molecular weight excluding hydrogens is 338 g/mol. The van der Waals surface area contributed by atoms with Crippen LogP contribution in [0.15, 0.2) is 41.5 Å². The summed E-state index contributed by atoms with van der Waals surface area (Å²) in [5.41, 5.74) is 2.62. The first kappa shape index (κ1) is 15.8. The van der Waals surface area contributed by atoms with E-state index in [-0.39, 0.29) is 18.0 Å². The zero-order valence-electron chi connectivity index (χ0n) is 12.1. The number of nitro benzene ring substituents is 1. The van der Waals surface area contributed by atoms with Crippen molar-refractivity contribution >= 4 is 29.4 Å². The molecule has 2 aromatic carbocycles. The molecule has 0 radical (unpaired) electrons. The molecule has 0 unspecified atom stereocenters. The Morgan fingerprint density at radius 2 is 2.04 bits per heavy atom. The molecule has 0 fully saturated rings. The molecule has 1 aliphatic heterocycles. The largest absolute Gasteiger partial charge is 0.454 e. The van der Waals surface area contributed by atoms with Gasteiger partial charge in [0.2, 0.25) is 6.79 Å². The first-order valence-electron chi connectivity index (χ1n) is 6.71. The van der Waals surface area contributed by atoms with Gasteiger partial charge in [-0.3, -0.25) is 14.9 Å². The first-order valence-corrected chi connectivity index (χ1v) is 7.09. The predicted octanol–water partition coefficient (Wildman–Crippen LogP) is 2.74. The van der Waals surface area contributed by atoms with Crippen LogP contribution in [0.2, 0.25) is 5.02 Å². The van der Waals surface area contributed by atoms with Crippen LogP contribution in [0.3, 0.4) is 0 Å². The third-order valence-electron chi connectivity index (χ3n) is 3.19. The quantitative estimate of drug-likeness (QED) is 0.520. The highest BCUT2D eigenvalue weighted by Crippen LogP contribution is 2.32. The van der Waals surface area contributed by atoms with Gasteiger partial charge < -0.3 is 9.47 Å². The van der Waals surface area contributed by atoms with Crippen LogP contribution in [0.1, 0.15) is 15.9 Å². The van der Waals surface area contributed by atoms with E-state index < -0.39 is 10.8 Å². The van der Waals surface area contributed by atoms with E-state index in [4.69, 9.17) is 21.1 Å². The zero-order valence-corrected chi connectivity index (χ0v) is 12.8. The van der Waals surface area contributed by atoms with Crippen molar-refractivity contribution in [2.45, 2.75) is 0 Å². The van der Waals surface area contributed by atoms with Gasteiger partial charge in [0.15, 0.2) is 11.5 Å². The fraction of sp³-hybridized carbons (Fsp3) is 0.0667. The minimum Gasteiger partial charge on any atom is -0.454 e. The third-order valence-corrected chi connectivity index (χ3v) is 3.43. The highest BCUT2D eigenvalue weighted by atomic mass is 35.5. The SMILES string of the molecule is O=C(N/N=C/c1cc(Cl)ccc1[N+](=O)[O-])c1ccc2c(c1)OCO2. The molecule has 1 heterocycles. The van der Waals surface area contributed by atoms with Crippen molar-refractivity contribution in [3.05, 3.63) is 62.7 Å². The smallest absolute Gasteiger partial charge is 0.278 e. The molecule has 1 amide bonds. The molecule has 0 atom stereocenters. The van der Waals surface area contributed by atoms with Gasteiger partial charge in [0, 0.05) is 16.7 Å². The second kappa shape index (κ2) is 6.55. The maximum absolute atomic E-state index is 12.0. The standard InChI is InChI=1S/C15H10ClN3O5/c16-11-2-3-12(19(21)22)10(5-11)7-17-18-15(20)9-1-4-13-14(6-9)24-8-23-13/h1-7H,8H2,(H,18,20)/b17-7+. The Morgan fingerprint density at radius 3 is 2.83 bits per heavy atom. The Kier molecular flexibility index (Phi) is 4.30. The Hall–Kier alpha value is -3.13. The minimum absolute atomic E-state index is 0.108. The van der Waals surface area contributed by atoms with Crippen molar-refractivity contribution in [3.63, 3.8) is 0 Å². The number of halogens is 1. The fourth-order valence-electron chi connectivity index (χ4n) is 2.06. The Balaban J connectivity index is 1.73. The number of nitro groups is 1. The molecule has 24 heavy (non-hydrogen) atoms. The van der Waals surface area contributed by atoms with Gasteiger partial charge in [0.25, 0.3) is 11.6 Å². The monoisotopic (exact) mass is 347 g/mol. The maximum atomic E-state index is 12.0. The van der Waals surface area contributed by atoms with Gasteiger partial charge in [-0.05, 0) is 30.3 Å². The molecule has 1 aliphatic rings. The van der Waals surface area contributed by atoms with Crippen molar-refractivity contribution in [3.8, 4) is 11.5 Å². The lowest BCUT2D eigenvalue weighted by Crippen LogP contribution is -2.17. The van der Waals surface area contributed by atoms with E-state index >= 15 is 0 Å². The van der Waals surface area contributed by atoms with E-state index in [1.807, 2.05) is 0 Å². The molecule has 0 spiro atoms. The normalized spacial score (nSPS) is 12.4. The number of benzene rings is 2. The Morgan fingerprint density at radius 1 is 1.25 bits per heavy atom. The van der Waals surface area contributed by atoms with Crippen LogP contribution < -0.4 is 14.9 Å². The molecule has 0 bridgehead atoms. The minimum atomic E-state index is -0.558. The molecule has 8 nitrogen and oxygen atoms in total. The van der Waals surface area contributed by atoms with E-state index in [2.05, 4.69) is 10.5 Å². The van der Waals surface area contributed by atoms with E-state index in [1.165, 1.54) is 24.3 Å². The highest BCUT2D eigenvalue weighted by Gasteiger charge is 2.16. The molecule has 2 aromatic rings. The number of nitrogens with zero attached hydrogens (tertiary/aromatic N) is 2. The molecule has 9 heteroatoms. The van der Waals surface area contributed by atoms with Crippen molar-refractivity contribution in [1.82, 2.24) is 5.43 Å². The second-order valence-corrected chi connectivity index (χ2v) is 5.16. The molecule has 0 saturated heterocycles. The van der Waals surface area contributed by atoms with Crippen LogP contribution in [0, 0.1) is 10.1 Å². The molecule has 3 rings (SSSR count). The molecule has 0 aromatic heterocycles. The van der Waals surface area contributed by atoms with E-state index in [0.29, 0.717) is 22.1 Å². The number of hydrogen-bond acceptors (Lipinski definition) is 6. The summed E-state index contributed by atoms with van der Waals surface area (Å²) in [5.74, 6) is 0.538. The number of rotatable bonds is 4. The molecule has 122 valence electrons. The third kappa shape index (κ3) is 3.28. The van der Waals surface area contributed by atoms with Gasteiger partial charge in [0.1, 0.15) is 0 Å². The number of amides is 1. The summed E-state index contributed by atoms with van der Waals surface area (Å²) in [6.45, 7) is 0.108. The second-order valence-electron chi connectivity index (χ2n) is 4.73. The summed E-state index contributed by atoms with van der Waals surface area (Å²) in [4.78, 5) is 22.4. The summed E-state index contributed by atoms with van der Waals surface area (Å²) in [6.07, 6.45) is 1.16. The van der Waals surface area contributed by atoms with E-state index in [0.717, 1.165) is 6.21 Å².